The number of hydrogen-bond acceptors (Lipinski definition) is 11. The monoisotopic (exact) mass is 1270 g/mol. The number of alkyl carbamates (subject to hydrolysis) is 2. The third-order valence-electron chi connectivity index (χ3n) is 14.0. The van der Waals surface area contributed by atoms with E-state index in [-0.39, 0.29) is 82.3 Å². The van der Waals surface area contributed by atoms with Gasteiger partial charge in [0, 0.05) is 37.1 Å². The molecule has 2 atom stereocenters. The van der Waals surface area contributed by atoms with Gasteiger partial charge in [0.25, 0.3) is 11.4 Å². The van der Waals surface area contributed by atoms with Crippen LogP contribution in [-0.4, -0.2) is 64.9 Å². The minimum absolute atomic E-state index is 0.0521. The number of nitrogens with one attached hydrogen (secondary N) is 3. The number of ether oxygens (including phenoxy) is 2. The molecular weight excluding hydrogens is 1200 g/mol. The molecule has 19 heteroatoms. The Kier molecular flexibility index (Phi) is 23.6. The summed E-state index contributed by atoms with van der Waals surface area (Å²) in [6.07, 6.45) is -2.30. The predicted molar refractivity (Wildman–Crippen MR) is 321 cm³/mol. The molecule has 85 heavy (non-hydrogen) atoms. The molecule has 0 bridgehead atoms. The van der Waals surface area contributed by atoms with Crippen LogP contribution in [0.1, 0.15) is 93.8 Å². The van der Waals surface area contributed by atoms with Crippen molar-refractivity contribution in [3.05, 3.63) is 270 Å². The van der Waals surface area contributed by atoms with Gasteiger partial charge in [0.05, 0.1) is 54.4 Å². The average molecular weight is 1270 g/mol. The van der Waals surface area contributed by atoms with Gasteiger partial charge in [-0.3, -0.25) is 34.2 Å². The van der Waals surface area contributed by atoms with E-state index in [0.717, 1.165) is 55.6 Å². The van der Waals surface area contributed by atoms with E-state index in [9.17, 15) is 48.9 Å². The van der Waals surface area contributed by atoms with E-state index < -0.39 is 53.7 Å². The number of aliphatic carboxylic acids is 1. The molecular formula is C66H67FIN6O11-. The van der Waals surface area contributed by atoms with Crippen molar-refractivity contribution in [2.24, 2.45) is 5.73 Å². The summed E-state index contributed by atoms with van der Waals surface area (Å²) < 4.78 is 32.9. The Balaban J connectivity index is 0.000000228. The SMILES string of the molecule is Cc1ccc(CN)cc1.Cc1ccc(CNC(=O)CC([15NH]C(=O)OCC2c3ccccc3-c3ccccc32)c2ccccc2[N+](=O)[O-])cc1.O=C(O)CC([15NH]C(=O)OCC1c2ccccc2-c2ccccc21)c1ccccc1[N+](=O)[O-].[2H]CF.[2H][I-]C. The van der Waals surface area contributed by atoms with E-state index >= 15 is 0 Å². The van der Waals surface area contributed by atoms with Crippen molar-refractivity contribution in [1.29, 1.82) is 0.594 Å². The topological polar surface area (TPSA) is 255 Å². The Morgan fingerprint density at radius 2 is 0.918 bits per heavy atom. The van der Waals surface area contributed by atoms with Gasteiger partial charge >= 0.3 is 46.1 Å². The molecule has 8 aromatic rings. The van der Waals surface area contributed by atoms with Crippen LogP contribution in [0.2, 0.25) is 0 Å². The van der Waals surface area contributed by atoms with Crippen LogP contribution in [0.25, 0.3) is 22.3 Å². The normalized spacial score (nSPS) is 12.3. The molecule has 3 amide bonds. The maximum absolute atomic E-state index is 13.0. The van der Waals surface area contributed by atoms with E-state index in [4.69, 9.17) is 17.2 Å². The van der Waals surface area contributed by atoms with Gasteiger partial charge in [-0.1, -0.05) is 193 Å². The van der Waals surface area contributed by atoms with Gasteiger partial charge in [0.1, 0.15) is 13.2 Å². The summed E-state index contributed by atoms with van der Waals surface area (Å²) in [4.78, 5) is 73.7. The second kappa shape index (κ2) is 32.5. The molecule has 0 spiro atoms. The molecule has 0 aromatic heterocycles. The molecule has 0 aliphatic heterocycles. The van der Waals surface area contributed by atoms with Crippen molar-refractivity contribution in [1.82, 2.24) is 16.0 Å². The number of nitrogens with zero attached hydrogens (tertiary/aromatic N) is 2. The van der Waals surface area contributed by atoms with Gasteiger partial charge in [-0.25, -0.2) is 9.59 Å². The number of halogens is 2. The number of carboxylic acid groups (broad SMARTS) is 1. The number of nitro benzene ring substituents is 2. The molecule has 8 aromatic carbocycles. The van der Waals surface area contributed by atoms with Gasteiger partial charge in [0.2, 0.25) is 5.91 Å². The van der Waals surface area contributed by atoms with Crippen molar-refractivity contribution in [3.63, 3.8) is 0 Å². The standard InChI is InChI=1S/C32H29N3O5.C24H20N2O6.C8H11N.CH3F.CH4I/c1-21-14-16-22(17-15-21)19-33-31(36)18-29(27-12-6-7-13-30(27)35(38)39)34-32(37)40-20-28-25-10-4-2-8-23(25)24-9-3-5-11-26(24)28;27-23(28)13-21(19-11-5-6-12-22(19)26(30)31)25-24(29)32-14-20-17-9-3-1-7-15(17)16-8-2-4-10-18(16)20;1-7-2-4-8(6-9)5-3-7;2*1-2/h2-17,28-29H,18-20H2,1H3,(H,33,36)(H,34,37);1-12,20-21H,13-14H2,(H,25,29)(H,27,28);2-5H,6,9H2,1H3;1H3;2H,1H3/q;;;;-1/i34+1;25+1;;1D;2D. The first-order valence-electron chi connectivity index (χ1n) is 27.9. The Morgan fingerprint density at radius 1 is 0.588 bits per heavy atom. The zero-order valence-electron chi connectivity index (χ0n) is 49.0. The van der Waals surface area contributed by atoms with E-state index in [1.807, 2.05) is 133 Å². The van der Waals surface area contributed by atoms with Gasteiger partial charge in [-0.05, 0) is 69.5 Å². The molecule has 442 valence electrons. The Bertz CT molecular complexity index is 3530. The van der Waals surface area contributed by atoms with Crippen LogP contribution in [0, 0.1) is 34.1 Å². The number of carboxylic acids is 1. The number of rotatable bonds is 17. The van der Waals surface area contributed by atoms with Crippen LogP contribution in [0.15, 0.2) is 194 Å². The van der Waals surface area contributed by atoms with Gasteiger partial charge in [-0.2, -0.15) is 0 Å². The summed E-state index contributed by atoms with van der Waals surface area (Å²) in [5.41, 5.74) is 18.4. The molecule has 0 fully saturated rings. The number of benzene rings is 8. The number of nitro groups is 2. The fraction of sp³-hybridized carbons (Fsp3) is 0.212. The van der Waals surface area contributed by atoms with Crippen LogP contribution in [-0.2, 0) is 32.2 Å². The third-order valence-corrected chi connectivity index (χ3v) is 14.0. The average Bonchev–Trinajstić information content (AvgIpc) is 1.74. The quantitative estimate of drug-likeness (QED) is 0.0188. The number of carbonyl (C=O) groups is 4. The number of para-hydroxylation sites is 2. The van der Waals surface area contributed by atoms with Gasteiger partial charge in [-0.15, -0.1) is 0 Å². The second-order valence-electron chi connectivity index (χ2n) is 19.4. The Hall–Kier alpha value is -9.34. The third kappa shape index (κ3) is 17.6. The van der Waals surface area contributed by atoms with E-state index in [1.54, 1.807) is 24.3 Å². The van der Waals surface area contributed by atoms with Crippen LogP contribution in [0.4, 0.5) is 25.4 Å². The Labute approximate surface area is 508 Å². The number of amides is 3. The first-order valence-corrected chi connectivity index (χ1v) is 29.0. The minimum atomic E-state index is -1.20. The van der Waals surface area contributed by atoms with Crippen molar-refractivity contribution >= 4 is 35.4 Å². The van der Waals surface area contributed by atoms with Crippen molar-refractivity contribution in [2.45, 2.75) is 63.7 Å². The summed E-state index contributed by atoms with van der Waals surface area (Å²) in [6.45, 7) is 5.13. The summed E-state index contributed by atoms with van der Waals surface area (Å²) >= 11 is -0.160. The van der Waals surface area contributed by atoms with Crippen molar-refractivity contribution < 1.29 is 71.8 Å². The maximum atomic E-state index is 13.0. The number of aryl methyl sites for hydroxylation is 2. The molecule has 17 nitrogen and oxygen atoms in total. The number of nitrogens with two attached hydrogens (primary N) is 1. The summed E-state index contributed by atoms with van der Waals surface area (Å²) in [5, 5.41) is 40.4. The summed E-state index contributed by atoms with van der Waals surface area (Å²) in [7, 11) is -1.00. The molecule has 2 aliphatic carbocycles. The van der Waals surface area contributed by atoms with E-state index in [1.165, 1.54) is 35.4 Å². The van der Waals surface area contributed by atoms with Gasteiger partial charge in [0.15, 0.2) is 0 Å². The fourth-order valence-electron chi connectivity index (χ4n) is 10.0. The zero-order valence-corrected chi connectivity index (χ0v) is 49.1. The molecule has 6 N–H and O–H groups in total. The van der Waals surface area contributed by atoms with Crippen LogP contribution < -0.4 is 44.1 Å². The molecule has 2 unspecified atom stereocenters. The van der Waals surface area contributed by atoms with E-state index in [2.05, 4.69) is 47.1 Å². The van der Waals surface area contributed by atoms with Crippen LogP contribution >= 0.6 is 0 Å². The van der Waals surface area contributed by atoms with E-state index in [0.29, 0.717) is 13.1 Å². The number of fused-ring (bicyclic) bond motifs is 6. The Morgan fingerprint density at radius 3 is 1.27 bits per heavy atom. The first kappa shape index (κ1) is 61.7. The number of hydrogen-bond donors (Lipinski definition) is 5. The fourth-order valence-corrected chi connectivity index (χ4v) is 10.0. The first-order chi connectivity index (χ1) is 42.0. The molecule has 0 saturated carbocycles. The number of alkyl halides is 2. The molecule has 0 heterocycles. The van der Waals surface area contributed by atoms with Crippen molar-refractivity contribution in [2.75, 3.05) is 25.3 Å². The zero-order chi connectivity index (χ0) is 62.8. The molecule has 2 aliphatic rings. The molecule has 10 rings (SSSR count). The van der Waals surface area contributed by atoms with Crippen LogP contribution in [0.3, 0.4) is 0 Å². The van der Waals surface area contributed by atoms with Gasteiger partial charge < -0.3 is 36.3 Å². The predicted octanol–water partition coefficient (Wildman–Crippen LogP) is 9.78. The summed E-state index contributed by atoms with van der Waals surface area (Å²) in [6, 6.07) is 57.5. The molecule has 0 radical (unpaired) electrons. The summed E-state index contributed by atoms with van der Waals surface area (Å²) in [5.74, 6) is -1.85. The second-order valence-corrected chi connectivity index (χ2v) is 19.4. The number of carbonyl (C=O) groups excluding carboxylic acids is 3. The van der Waals surface area contributed by atoms with Crippen molar-refractivity contribution in [3.8, 4) is 22.3 Å². The molecule has 0 saturated heterocycles. The van der Waals surface area contributed by atoms with Crippen LogP contribution in [0.5, 0.6) is 0 Å².